The molecule has 11 heteroatoms. The van der Waals surface area contributed by atoms with Crippen LogP contribution in [0.5, 0.6) is 5.75 Å². The molecule has 0 atom stereocenters. The molecule has 6 nitrogen and oxygen atoms in total. The predicted octanol–water partition coefficient (Wildman–Crippen LogP) is 4.64. The van der Waals surface area contributed by atoms with Gasteiger partial charge >= 0.3 is 12.4 Å². The van der Waals surface area contributed by atoms with Gasteiger partial charge in [0.2, 0.25) is 5.90 Å². The topological polar surface area (TPSA) is 63.2 Å². The Morgan fingerprint density at radius 3 is 2.77 bits per heavy atom. The maximum Gasteiger partial charge on any atom is 0.573 e. The molecule has 26 heavy (non-hydrogen) atoms. The molecule has 0 aliphatic carbocycles. The van der Waals surface area contributed by atoms with Gasteiger partial charge in [0.15, 0.2) is 5.75 Å². The maximum absolute atomic E-state index is 12.5. The SMILES string of the molecule is O=C(Nc1ccccc1OC(F)(F)F)N1CCOC(c2ccc(Br)s2)=N1. The summed E-state index contributed by atoms with van der Waals surface area (Å²) in [6.07, 6.45) is -4.86. The molecule has 2 aromatic rings. The van der Waals surface area contributed by atoms with Crippen LogP contribution in [-0.4, -0.2) is 36.5 Å². The summed E-state index contributed by atoms with van der Waals surface area (Å²) in [6.45, 7) is 0.368. The van der Waals surface area contributed by atoms with Crippen molar-refractivity contribution < 1.29 is 27.4 Å². The van der Waals surface area contributed by atoms with Crippen LogP contribution in [0.3, 0.4) is 0 Å². The van der Waals surface area contributed by atoms with Crippen LogP contribution in [-0.2, 0) is 4.74 Å². The van der Waals surface area contributed by atoms with Crippen LogP contribution in [0, 0.1) is 0 Å². The third kappa shape index (κ3) is 4.67. The van der Waals surface area contributed by atoms with Gasteiger partial charge in [-0.2, -0.15) is 0 Å². The van der Waals surface area contributed by atoms with E-state index in [2.05, 4.69) is 31.1 Å². The first-order chi connectivity index (χ1) is 12.3. The van der Waals surface area contributed by atoms with Gasteiger partial charge in [-0.3, -0.25) is 0 Å². The summed E-state index contributed by atoms with van der Waals surface area (Å²) < 4.78 is 47.6. The number of hydrogen-bond acceptors (Lipinski definition) is 5. The third-order valence-electron chi connectivity index (χ3n) is 3.13. The number of carbonyl (C=O) groups is 1. The molecular weight excluding hydrogens is 439 g/mol. The number of hydrazone groups is 1. The maximum atomic E-state index is 12.5. The minimum atomic E-state index is -4.86. The van der Waals surface area contributed by atoms with E-state index in [1.54, 1.807) is 6.07 Å². The minimum Gasteiger partial charge on any atom is -0.474 e. The monoisotopic (exact) mass is 449 g/mol. The minimum absolute atomic E-state index is 0.114. The van der Waals surface area contributed by atoms with Gasteiger partial charge in [0.1, 0.15) is 6.61 Å². The average molecular weight is 450 g/mol. The summed E-state index contributed by atoms with van der Waals surface area (Å²) in [5, 5.41) is 7.58. The van der Waals surface area contributed by atoms with Gasteiger partial charge < -0.3 is 14.8 Å². The zero-order valence-electron chi connectivity index (χ0n) is 12.9. The summed E-state index contributed by atoms with van der Waals surface area (Å²) in [5.74, 6) is -0.241. The van der Waals surface area contributed by atoms with E-state index in [1.165, 1.54) is 29.5 Å². The lowest BCUT2D eigenvalue weighted by molar-refractivity contribution is -0.274. The Balaban J connectivity index is 1.76. The first-order valence-corrected chi connectivity index (χ1v) is 8.83. The number of alkyl halides is 3. The number of ether oxygens (including phenoxy) is 2. The summed E-state index contributed by atoms with van der Waals surface area (Å²) in [7, 11) is 0. The van der Waals surface area contributed by atoms with E-state index in [0.29, 0.717) is 0 Å². The van der Waals surface area contributed by atoms with Gasteiger partial charge in [-0.1, -0.05) is 12.1 Å². The molecule has 0 saturated heterocycles. The van der Waals surface area contributed by atoms with Crippen molar-refractivity contribution in [3.05, 3.63) is 45.1 Å². The first-order valence-electron chi connectivity index (χ1n) is 7.22. The summed E-state index contributed by atoms with van der Waals surface area (Å²) >= 11 is 4.71. The molecule has 0 saturated carbocycles. The molecule has 1 aliphatic rings. The van der Waals surface area contributed by atoms with Crippen LogP contribution < -0.4 is 10.1 Å². The van der Waals surface area contributed by atoms with Gasteiger partial charge in [-0.05, 0) is 40.2 Å². The standard InChI is InChI=1S/C15H11BrF3N3O3S/c16-12-6-5-11(26-12)13-21-22(7-8-24-13)14(23)20-9-3-1-2-4-10(9)25-15(17,18)19/h1-6H,7-8H2,(H,20,23). The van der Waals surface area contributed by atoms with E-state index in [-0.39, 0.29) is 24.7 Å². The Kier molecular flexibility index (Phi) is 5.37. The molecule has 2 heterocycles. The van der Waals surface area contributed by atoms with Crippen molar-refractivity contribution in [1.82, 2.24) is 5.01 Å². The Labute approximate surface area is 158 Å². The highest BCUT2D eigenvalue weighted by atomic mass is 79.9. The van der Waals surface area contributed by atoms with Crippen LogP contribution in [0.15, 0.2) is 45.3 Å². The van der Waals surface area contributed by atoms with Gasteiger partial charge in [0.05, 0.1) is 20.9 Å². The first kappa shape index (κ1) is 18.5. The number of halogens is 4. The van der Waals surface area contributed by atoms with Crippen LogP contribution in [0.25, 0.3) is 0 Å². The molecule has 3 rings (SSSR count). The largest absolute Gasteiger partial charge is 0.573 e. The number of amides is 2. The number of urea groups is 1. The Bertz CT molecular complexity index is 841. The van der Waals surface area contributed by atoms with E-state index < -0.39 is 18.1 Å². The van der Waals surface area contributed by atoms with Crippen molar-refractivity contribution in [1.29, 1.82) is 0 Å². The fraction of sp³-hybridized carbons (Fsp3) is 0.200. The summed E-state index contributed by atoms with van der Waals surface area (Å²) in [5.41, 5.74) is -0.114. The van der Waals surface area contributed by atoms with Crippen LogP contribution >= 0.6 is 27.3 Å². The van der Waals surface area contributed by atoms with Gasteiger partial charge in [0.25, 0.3) is 0 Å². The summed E-state index contributed by atoms with van der Waals surface area (Å²) in [6, 6.07) is 8.17. The molecule has 0 fully saturated rings. The molecule has 0 bridgehead atoms. The van der Waals surface area contributed by atoms with Crippen molar-refractivity contribution in [3.63, 3.8) is 0 Å². The average Bonchev–Trinajstić information content (AvgIpc) is 3.02. The highest BCUT2D eigenvalue weighted by Crippen LogP contribution is 2.30. The van der Waals surface area contributed by atoms with Crippen molar-refractivity contribution in [2.24, 2.45) is 5.10 Å². The fourth-order valence-corrected chi connectivity index (χ4v) is 3.40. The van der Waals surface area contributed by atoms with Crippen LogP contribution in [0.1, 0.15) is 4.88 Å². The van der Waals surface area contributed by atoms with Gasteiger partial charge in [-0.25, -0.2) is 9.80 Å². The highest BCUT2D eigenvalue weighted by molar-refractivity contribution is 9.11. The van der Waals surface area contributed by atoms with E-state index in [1.807, 2.05) is 6.07 Å². The molecular formula is C15H11BrF3N3O3S. The Morgan fingerprint density at radius 1 is 1.31 bits per heavy atom. The van der Waals surface area contributed by atoms with Crippen molar-refractivity contribution in [2.45, 2.75) is 6.36 Å². The molecule has 2 amide bonds. The Morgan fingerprint density at radius 2 is 2.08 bits per heavy atom. The van der Waals surface area contributed by atoms with Crippen LogP contribution in [0.2, 0.25) is 0 Å². The molecule has 0 unspecified atom stereocenters. The predicted molar refractivity (Wildman–Crippen MR) is 93.4 cm³/mol. The quantitative estimate of drug-likeness (QED) is 0.742. The van der Waals surface area contributed by atoms with Crippen LogP contribution in [0.4, 0.5) is 23.7 Å². The van der Waals surface area contributed by atoms with E-state index in [9.17, 15) is 18.0 Å². The molecule has 0 radical (unpaired) electrons. The fourth-order valence-electron chi connectivity index (χ4n) is 2.08. The second-order valence-electron chi connectivity index (χ2n) is 4.95. The van der Waals surface area contributed by atoms with Crippen molar-refractivity contribution in [3.8, 4) is 5.75 Å². The lowest BCUT2D eigenvalue weighted by atomic mass is 10.3. The second-order valence-corrected chi connectivity index (χ2v) is 7.42. The number of benzene rings is 1. The number of thiophene rings is 1. The van der Waals surface area contributed by atoms with Gasteiger partial charge in [0, 0.05) is 0 Å². The zero-order valence-corrected chi connectivity index (χ0v) is 15.3. The van der Waals surface area contributed by atoms with E-state index in [4.69, 9.17) is 4.74 Å². The number of nitrogens with one attached hydrogen (secondary N) is 1. The number of nitrogens with zero attached hydrogens (tertiary/aromatic N) is 2. The lowest BCUT2D eigenvalue weighted by Crippen LogP contribution is -2.38. The number of carbonyl (C=O) groups excluding carboxylic acids is 1. The molecule has 1 aromatic carbocycles. The van der Waals surface area contributed by atoms with Crippen molar-refractivity contribution >= 4 is 44.9 Å². The normalized spacial score (nSPS) is 14.5. The zero-order chi connectivity index (χ0) is 18.7. The Hall–Kier alpha value is -2.27. The number of hydrogen-bond donors (Lipinski definition) is 1. The van der Waals surface area contributed by atoms with E-state index in [0.717, 1.165) is 19.7 Å². The number of para-hydroxylation sites is 2. The second kappa shape index (κ2) is 7.54. The molecule has 138 valence electrons. The number of anilines is 1. The molecule has 1 aliphatic heterocycles. The molecule has 1 N–H and O–H groups in total. The smallest absolute Gasteiger partial charge is 0.474 e. The van der Waals surface area contributed by atoms with Crippen molar-refractivity contribution in [2.75, 3.05) is 18.5 Å². The molecule has 0 spiro atoms. The number of rotatable bonds is 3. The van der Waals surface area contributed by atoms with Gasteiger partial charge in [-0.15, -0.1) is 29.6 Å². The third-order valence-corrected chi connectivity index (χ3v) is 4.74. The van der Waals surface area contributed by atoms with E-state index >= 15 is 0 Å². The highest BCUT2D eigenvalue weighted by Gasteiger charge is 2.32. The molecule has 1 aromatic heterocycles. The summed E-state index contributed by atoms with van der Waals surface area (Å²) in [4.78, 5) is 13.1. The lowest BCUT2D eigenvalue weighted by Gasteiger charge is -2.24.